The fourth-order valence-electron chi connectivity index (χ4n) is 5.69. The van der Waals surface area contributed by atoms with Crippen LogP contribution in [0.5, 0.6) is 0 Å². The third-order valence-electron chi connectivity index (χ3n) is 8.10. The summed E-state index contributed by atoms with van der Waals surface area (Å²) in [7, 11) is 0. The van der Waals surface area contributed by atoms with Crippen molar-refractivity contribution in [2.75, 3.05) is 6.54 Å². The van der Waals surface area contributed by atoms with Crippen LogP contribution in [0.1, 0.15) is 74.5 Å². The molecule has 0 spiro atoms. The van der Waals surface area contributed by atoms with Gasteiger partial charge in [-0.3, -0.25) is 14.2 Å². The molecule has 0 N–H and O–H groups in total. The predicted octanol–water partition coefficient (Wildman–Crippen LogP) is 7.84. The first-order chi connectivity index (χ1) is 20.5. The SMILES string of the molecule is CCCCc1ccc(CC(=O)N(CC2=CCCC=C2)C(CC)c2nc3ccccc3c(=O)n2-c2ccc(C)cc2)cc1. The highest BCUT2D eigenvalue weighted by molar-refractivity contribution is 5.80. The molecule has 216 valence electrons. The molecule has 4 aromatic rings. The van der Waals surface area contributed by atoms with E-state index in [1.165, 1.54) is 5.56 Å². The summed E-state index contributed by atoms with van der Waals surface area (Å²) in [5.74, 6) is 0.620. The van der Waals surface area contributed by atoms with Gasteiger partial charge in [-0.25, -0.2) is 4.98 Å². The average Bonchev–Trinajstić information content (AvgIpc) is 3.02. The molecular formula is C37H41N3O2. The molecule has 0 saturated heterocycles. The van der Waals surface area contributed by atoms with E-state index in [9.17, 15) is 9.59 Å². The molecule has 0 saturated carbocycles. The van der Waals surface area contributed by atoms with Crippen molar-refractivity contribution in [1.82, 2.24) is 14.5 Å². The number of fused-ring (bicyclic) bond motifs is 1. The van der Waals surface area contributed by atoms with E-state index in [-0.39, 0.29) is 11.5 Å². The normalized spacial score (nSPS) is 13.6. The second kappa shape index (κ2) is 13.6. The number of aromatic nitrogens is 2. The molecule has 5 nitrogen and oxygen atoms in total. The van der Waals surface area contributed by atoms with Gasteiger partial charge in [0, 0.05) is 6.54 Å². The number of unbranched alkanes of at least 4 members (excludes halogenated alkanes) is 1. The molecule has 0 aliphatic heterocycles. The number of hydrogen-bond acceptors (Lipinski definition) is 3. The number of para-hydroxylation sites is 1. The predicted molar refractivity (Wildman–Crippen MR) is 172 cm³/mol. The Morgan fingerprint density at radius 3 is 2.38 bits per heavy atom. The number of aryl methyl sites for hydroxylation is 2. The number of allylic oxidation sites excluding steroid dienone is 2. The van der Waals surface area contributed by atoms with E-state index in [0.29, 0.717) is 36.1 Å². The monoisotopic (exact) mass is 559 g/mol. The number of nitrogens with zero attached hydrogens (tertiary/aromatic N) is 3. The molecule has 1 aliphatic rings. The van der Waals surface area contributed by atoms with Crippen LogP contribution >= 0.6 is 0 Å². The van der Waals surface area contributed by atoms with Crippen LogP contribution in [-0.4, -0.2) is 26.9 Å². The van der Waals surface area contributed by atoms with Crippen molar-refractivity contribution >= 4 is 16.8 Å². The topological polar surface area (TPSA) is 55.2 Å². The van der Waals surface area contributed by atoms with Gasteiger partial charge in [0.15, 0.2) is 0 Å². The summed E-state index contributed by atoms with van der Waals surface area (Å²) in [5.41, 5.74) is 5.81. The summed E-state index contributed by atoms with van der Waals surface area (Å²) in [6.07, 6.45) is 12.8. The second-order valence-electron chi connectivity index (χ2n) is 11.3. The van der Waals surface area contributed by atoms with Gasteiger partial charge in [-0.05, 0) is 80.0 Å². The van der Waals surface area contributed by atoms with Crippen LogP contribution in [-0.2, 0) is 17.6 Å². The molecule has 0 fully saturated rings. The fourth-order valence-corrected chi connectivity index (χ4v) is 5.69. The number of rotatable bonds is 11. The third-order valence-corrected chi connectivity index (χ3v) is 8.10. The van der Waals surface area contributed by atoms with E-state index in [1.807, 2.05) is 60.4 Å². The van der Waals surface area contributed by atoms with Gasteiger partial charge in [-0.1, -0.05) is 92.6 Å². The van der Waals surface area contributed by atoms with Gasteiger partial charge in [0.05, 0.1) is 29.1 Å². The van der Waals surface area contributed by atoms with Crippen LogP contribution in [0.2, 0.25) is 0 Å². The standard InChI is InChI=1S/C37H41N3O2/c1-4-6-12-28-19-21-29(22-20-28)25-35(41)39(26-30-13-8-7-9-14-30)34(5-2)36-38-33-16-11-10-15-32(33)37(42)40(36)31-23-17-27(3)18-24-31/h8,10-11,13-24,34H,4-7,9,12,25-26H2,1-3H3. The van der Waals surface area contributed by atoms with Gasteiger partial charge in [-0.15, -0.1) is 0 Å². The number of benzene rings is 3. The van der Waals surface area contributed by atoms with Gasteiger partial charge in [0.25, 0.3) is 5.56 Å². The van der Waals surface area contributed by atoms with Crippen molar-refractivity contribution in [2.24, 2.45) is 0 Å². The molecule has 1 atom stereocenters. The first-order valence-electron chi connectivity index (χ1n) is 15.3. The number of carbonyl (C=O) groups is 1. The Balaban J connectivity index is 1.59. The molecule has 1 aliphatic carbocycles. The Morgan fingerprint density at radius 1 is 0.952 bits per heavy atom. The molecule has 1 amide bonds. The van der Waals surface area contributed by atoms with Crippen molar-refractivity contribution in [2.45, 2.75) is 71.8 Å². The summed E-state index contributed by atoms with van der Waals surface area (Å²) in [6, 6.07) is 23.5. The maximum Gasteiger partial charge on any atom is 0.266 e. The third kappa shape index (κ3) is 6.62. The van der Waals surface area contributed by atoms with Crippen molar-refractivity contribution in [3.05, 3.63) is 129 Å². The zero-order valence-corrected chi connectivity index (χ0v) is 25.1. The van der Waals surface area contributed by atoms with Crippen LogP contribution in [0.3, 0.4) is 0 Å². The Kier molecular flexibility index (Phi) is 9.48. The smallest absolute Gasteiger partial charge is 0.266 e. The molecule has 42 heavy (non-hydrogen) atoms. The number of amides is 1. The molecule has 1 heterocycles. The minimum Gasteiger partial charge on any atom is -0.328 e. The minimum absolute atomic E-state index is 0.0286. The maximum atomic E-state index is 14.2. The highest BCUT2D eigenvalue weighted by atomic mass is 16.2. The molecule has 1 aromatic heterocycles. The van der Waals surface area contributed by atoms with Gasteiger partial charge < -0.3 is 4.90 Å². The van der Waals surface area contributed by atoms with Crippen molar-refractivity contribution < 1.29 is 4.79 Å². The molecular weight excluding hydrogens is 518 g/mol. The zero-order valence-electron chi connectivity index (χ0n) is 25.1. The number of carbonyl (C=O) groups excluding carboxylic acids is 1. The van der Waals surface area contributed by atoms with Crippen molar-refractivity contribution in [1.29, 1.82) is 0 Å². The van der Waals surface area contributed by atoms with Crippen LogP contribution in [0, 0.1) is 6.92 Å². The molecule has 5 rings (SSSR count). The molecule has 0 bridgehead atoms. The van der Waals surface area contributed by atoms with Gasteiger partial charge in [0.2, 0.25) is 5.91 Å². The lowest BCUT2D eigenvalue weighted by atomic mass is 10.0. The van der Waals surface area contributed by atoms with Gasteiger partial charge >= 0.3 is 0 Å². The van der Waals surface area contributed by atoms with Crippen LogP contribution in [0.15, 0.2) is 101 Å². The van der Waals surface area contributed by atoms with Crippen LogP contribution < -0.4 is 5.56 Å². The van der Waals surface area contributed by atoms with Crippen LogP contribution in [0.4, 0.5) is 0 Å². The fraction of sp³-hybridized carbons (Fsp3) is 0.324. The Labute approximate surface area is 249 Å². The average molecular weight is 560 g/mol. The van der Waals surface area contributed by atoms with E-state index < -0.39 is 6.04 Å². The first kappa shape index (κ1) is 29.2. The maximum absolute atomic E-state index is 14.2. The quantitative estimate of drug-likeness (QED) is 0.188. The largest absolute Gasteiger partial charge is 0.328 e. The second-order valence-corrected chi connectivity index (χ2v) is 11.3. The minimum atomic E-state index is -0.392. The Morgan fingerprint density at radius 2 is 1.69 bits per heavy atom. The van der Waals surface area contributed by atoms with E-state index >= 15 is 0 Å². The molecule has 1 unspecified atom stereocenters. The summed E-state index contributed by atoms with van der Waals surface area (Å²) < 4.78 is 1.71. The van der Waals surface area contributed by atoms with Crippen molar-refractivity contribution in [3.63, 3.8) is 0 Å². The summed E-state index contributed by atoms with van der Waals surface area (Å²) in [4.78, 5) is 35.3. The van der Waals surface area contributed by atoms with Gasteiger partial charge in [0.1, 0.15) is 5.82 Å². The zero-order chi connectivity index (χ0) is 29.5. The van der Waals surface area contributed by atoms with E-state index in [4.69, 9.17) is 4.98 Å². The summed E-state index contributed by atoms with van der Waals surface area (Å²) in [6.45, 7) is 6.77. The summed E-state index contributed by atoms with van der Waals surface area (Å²) >= 11 is 0. The lowest BCUT2D eigenvalue weighted by Gasteiger charge is -2.33. The molecule has 3 aromatic carbocycles. The van der Waals surface area contributed by atoms with E-state index in [2.05, 4.69) is 56.3 Å². The van der Waals surface area contributed by atoms with Gasteiger partial charge in [-0.2, -0.15) is 0 Å². The molecule has 5 heteroatoms. The van der Waals surface area contributed by atoms with E-state index in [1.54, 1.807) is 4.57 Å². The van der Waals surface area contributed by atoms with Crippen molar-refractivity contribution in [3.8, 4) is 5.69 Å². The molecule has 0 radical (unpaired) electrons. The Hall–Kier alpha value is -4.25. The first-order valence-corrected chi connectivity index (χ1v) is 15.3. The summed E-state index contributed by atoms with van der Waals surface area (Å²) in [5, 5.41) is 0.565. The number of hydrogen-bond donors (Lipinski definition) is 0. The lowest BCUT2D eigenvalue weighted by Crippen LogP contribution is -2.40. The lowest BCUT2D eigenvalue weighted by molar-refractivity contribution is -0.132. The van der Waals surface area contributed by atoms with E-state index in [0.717, 1.165) is 54.5 Å². The van der Waals surface area contributed by atoms with Crippen LogP contribution in [0.25, 0.3) is 16.6 Å². The highest BCUT2D eigenvalue weighted by Crippen LogP contribution is 2.29. The highest BCUT2D eigenvalue weighted by Gasteiger charge is 2.29. The Bertz CT molecular complexity index is 1650.